The van der Waals surface area contributed by atoms with Gasteiger partial charge in [-0.2, -0.15) is 4.39 Å². The molecule has 1 aromatic heterocycles. The number of anilines is 2. The van der Waals surface area contributed by atoms with Crippen molar-refractivity contribution in [1.29, 1.82) is 0 Å². The van der Waals surface area contributed by atoms with Gasteiger partial charge in [0.2, 0.25) is 5.95 Å². The smallest absolute Gasteiger partial charge is 0.235 e. The summed E-state index contributed by atoms with van der Waals surface area (Å²) in [7, 11) is 0. The van der Waals surface area contributed by atoms with E-state index in [1.54, 1.807) is 6.07 Å². The minimum absolute atomic E-state index is 0.0974. The lowest BCUT2D eigenvalue weighted by atomic mass is 10.1. The van der Waals surface area contributed by atoms with E-state index in [4.69, 9.17) is 17.3 Å². The molecule has 0 unspecified atom stereocenters. The van der Waals surface area contributed by atoms with Crippen LogP contribution in [-0.4, -0.2) is 42.1 Å². The van der Waals surface area contributed by atoms with Crippen molar-refractivity contribution in [3.63, 3.8) is 0 Å². The monoisotopic (exact) mass is 300 g/mol. The minimum atomic E-state index is -0.696. The van der Waals surface area contributed by atoms with Crippen LogP contribution >= 0.6 is 11.6 Å². The molecule has 0 bridgehead atoms. The molecule has 0 amide bonds. The number of aromatic nitrogens is 1. The van der Waals surface area contributed by atoms with Crippen LogP contribution < -0.4 is 10.6 Å². The number of nitrogens with two attached hydrogens (primary N) is 1. The third-order valence-electron chi connectivity index (χ3n) is 3.56. The van der Waals surface area contributed by atoms with E-state index in [0.29, 0.717) is 11.7 Å². The van der Waals surface area contributed by atoms with E-state index in [1.165, 1.54) is 0 Å². The zero-order valence-electron chi connectivity index (χ0n) is 12.2. The summed E-state index contributed by atoms with van der Waals surface area (Å²) in [6.45, 7) is 10.4. The van der Waals surface area contributed by atoms with Crippen LogP contribution in [0.5, 0.6) is 0 Å². The lowest BCUT2D eigenvalue weighted by molar-refractivity contribution is 0.206. The molecule has 1 aliphatic rings. The second kappa shape index (κ2) is 6.14. The molecule has 0 saturated carbocycles. The summed E-state index contributed by atoms with van der Waals surface area (Å²) in [6.07, 6.45) is 0. The number of rotatable bonds is 3. The first kappa shape index (κ1) is 15.3. The maximum Gasteiger partial charge on any atom is 0.235 e. The molecule has 1 fully saturated rings. The highest BCUT2D eigenvalue weighted by atomic mass is 35.5. The summed E-state index contributed by atoms with van der Waals surface area (Å²) in [5.74, 6) is 0.523. The molecule has 4 nitrogen and oxygen atoms in total. The Morgan fingerprint density at radius 3 is 2.75 bits per heavy atom. The van der Waals surface area contributed by atoms with E-state index < -0.39 is 5.95 Å². The number of nitrogen functional groups attached to an aromatic ring is 1. The van der Waals surface area contributed by atoms with Crippen LogP contribution in [0.25, 0.3) is 0 Å². The van der Waals surface area contributed by atoms with E-state index >= 15 is 0 Å². The largest absolute Gasteiger partial charge is 0.397 e. The van der Waals surface area contributed by atoms with E-state index in [9.17, 15) is 4.39 Å². The topological polar surface area (TPSA) is 45.4 Å². The van der Waals surface area contributed by atoms with Gasteiger partial charge in [0.25, 0.3) is 0 Å². The minimum Gasteiger partial charge on any atom is -0.397 e. The van der Waals surface area contributed by atoms with Crippen molar-refractivity contribution in [2.45, 2.75) is 26.8 Å². The fourth-order valence-electron chi connectivity index (χ4n) is 2.71. The lowest BCUT2D eigenvalue weighted by Gasteiger charge is -2.41. The molecule has 2 N–H and O–H groups in total. The van der Waals surface area contributed by atoms with Crippen LogP contribution in [0.3, 0.4) is 0 Å². The molecule has 1 atom stereocenters. The Labute approximate surface area is 124 Å². The highest BCUT2D eigenvalue weighted by Crippen LogP contribution is 2.27. The van der Waals surface area contributed by atoms with Crippen molar-refractivity contribution >= 4 is 23.1 Å². The maximum atomic E-state index is 13.6. The van der Waals surface area contributed by atoms with Crippen LogP contribution in [0, 0.1) is 11.9 Å². The summed E-state index contributed by atoms with van der Waals surface area (Å²) in [5.41, 5.74) is 5.96. The van der Waals surface area contributed by atoms with E-state index in [2.05, 4.69) is 35.6 Å². The molecule has 1 aliphatic heterocycles. The quantitative estimate of drug-likeness (QED) is 0.872. The van der Waals surface area contributed by atoms with Crippen LogP contribution in [0.1, 0.15) is 20.8 Å². The van der Waals surface area contributed by atoms with E-state index in [-0.39, 0.29) is 16.8 Å². The third kappa shape index (κ3) is 3.33. The standard InChI is InChI=1S/C14H22ClFN4/c1-9(2)7-19-4-5-20(10(3)8-19)12-6-11(17)13(15)14(16)18-12/h6,9-10H,4-5,7-8H2,1-3H3,(H2,17,18)/t10-/m0/s1. The van der Waals surface area contributed by atoms with Crippen molar-refractivity contribution in [2.24, 2.45) is 5.92 Å². The average Bonchev–Trinajstić information content (AvgIpc) is 2.34. The predicted molar refractivity (Wildman–Crippen MR) is 81.7 cm³/mol. The van der Waals surface area contributed by atoms with Crippen molar-refractivity contribution < 1.29 is 4.39 Å². The number of nitrogens with zero attached hydrogens (tertiary/aromatic N) is 3. The molecule has 2 heterocycles. The first-order valence-corrected chi connectivity index (χ1v) is 7.36. The van der Waals surface area contributed by atoms with Crippen LogP contribution in [0.15, 0.2) is 6.07 Å². The van der Waals surface area contributed by atoms with Gasteiger partial charge in [0.1, 0.15) is 10.8 Å². The Hall–Kier alpha value is -1.07. The SMILES string of the molecule is CC(C)CN1CCN(c2cc(N)c(Cl)c(F)n2)[C@@H](C)C1. The Morgan fingerprint density at radius 1 is 1.50 bits per heavy atom. The fraction of sp³-hybridized carbons (Fsp3) is 0.643. The molecule has 0 aromatic carbocycles. The van der Waals surface area contributed by atoms with Crippen molar-refractivity contribution in [3.8, 4) is 0 Å². The Balaban J connectivity index is 2.11. The maximum absolute atomic E-state index is 13.6. The van der Waals surface area contributed by atoms with Crippen molar-refractivity contribution in [3.05, 3.63) is 17.0 Å². The van der Waals surface area contributed by atoms with Crippen molar-refractivity contribution in [2.75, 3.05) is 36.8 Å². The van der Waals surface area contributed by atoms with Gasteiger partial charge in [-0.3, -0.25) is 4.90 Å². The molecule has 20 heavy (non-hydrogen) atoms. The van der Waals surface area contributed by atoms with Gasteiger partial charge in [0.15, 0.2) is 0 Å². The highest BCUT2D eigenvalue weighted by molar-refractivity contribution is 6.33. The molecule has 0 radical (unpaired) electrons. The molecule has 0 aliphatic carbocycles. The molecule has 2 rings (SSSR count). The van der Waals surface area contributed by atoms with Gasteiger partial charge in [-0.05, 0) is 12.8 Å². The van der Waals surface area contributed by atoms with Gasteiger partial charge in [0, 0.05) is 38.3 Å². The Bertz CT molecular complexity index is 457. The van der Waals surface area contributed by atoms with Crippen LogP contribution in [0.4, 0.5) is 15.9 Å². The lowest BCUT2D eigenvalue weighted by Crippen LogP contribution is -2.53. The molecule has 1 aromatic rings. The van der Waals surface area contributed by atoms with Crippen molar-refractivity contribution in [1.82, 2.24) is 9.88 Å². The normalized spacial score (nSPS) is 20.7. The first-order chi connectivity index (χ1) is 9.38. The second-order valence-electron chi connectivity index (χ2n) is 5.87. The number of halogens is 2. The summed E-state index contributed by atoms with van der Waals surface area (Å²) >= 11 is 5.72. The third-order valence-corrected chi connectivity index (χ3v) is 3.94. The molecule has 0 spiro atoms. The van der Waals surface area contributed by atoms with E-state index in [1.807, 2.05) is 0 Å². The van der Waals surface area contributed by atoms with Gasteiger partial charge < -0.3 is 10.6 Å². The summed E-state index contributed by atoms with van der Waals surface area (Å²) in [4.78, 5) is 8.44. The number of pyridine rings is 1. The van der Waals surface area contributed by atoms with E-state index in [0.717, 1.165) is 26.2 Å². The molecule has 1 saturated heterocycles. The fourth-order valence-corrected chi connectivity index (χ4v) is 2.80. The molecule has 112 valence electrons. The number of piperazine rings is 1. The second-order valence-corrected chi connectivity index (χ2v) is 6.25. The number of hydrogen-bond acceptors (Lipinski definition) is 4. The zero-order valence-corrected chi connectivity index (χ0v) is 13.0. The molecular weight excluding hydrogens is 279 g/mol. The predicted octanol–water partition coefficient (Wildman–Crippen LogP) is 2.62. The van der Waals surface area contributed by atoms with Crippen LogP contribution in [0.2, 0.25) is 5.02 Å². The average molecular weight is 301 g/mol. The van der Waals surface area contributed by atoms with Gasteiger partial charge >= 0.3 is 0 Å². The first-order valence-electron chi connectivity index (χ1n) is 6.99. The highest BCUT2D eigenvalue weighted by Gasteiger charge is 2.26. The molecular formula is C14H22ClFN4. The van der Waals surface area contributed by atoms with Crippen LogP contribution in [-0.2, 0) is 0 Å². The Morgan fingerprint density at radius 2 is 2.20 bits per heavy atom. The summed E-state index contributed by atoms with van der Waals surface area (Å²) in [5, 5.41) is -0.0974. The van der Waals surface area contributed by atoms with Gasteiger partial charge in [0.05, 0.1) is 5.69 Å². The Kier molecular flexibility index (Phi) is 4.70. The summed E-state index contributed by atoms with van der Waals surface area (Å²) in [6, 6.07) is 1.93. The molecule has 6 heteroatoms. The van der Waals surface area contributed by atoms with Gasteiger partial charge in [-0.25, -0.2) is 4.98 Å². The number of hydrogen-bond donors (Lipinski definition) is 1. The summed E-state index contributed by atoms with van der Waals surface area (Å²) < 4.78 is 13.6. The van der Waals surface area contributed by atoms with Gasteiger partial charge in [-0.15, -0.1) is 0 Å². The van der Waals surface area contributed by atoms with Gasteiger partial charge in [-0.1, -0.05) is 25.4 Å². The zero-order chi connectivity index (χ0) is 14.9.